The zero-order valence-electron chi connectivity index (χ0n) is 40.6. The van der Waals surface area contributed by atoms with E-state index in [0.29, 0.717) is 94.0 Å². The molecule has 19 heteroatoms. The maximum absolute atomic E-state index is 15.7. The summed E-state index contributed by atoms with van der Waals surface area (Å²) >= 11 is 16.3. The molecule has 2 aromatic carbocycles. The fourth-order valence-electron chi connectivity index (χ4n) is 9.50. The van der Waals surface area contributed by atoms with Gasteiger partial charge in [-0.3, -0.25) is 4.90 Å². The fourth-order valence-corrected chi connectivity index (χ4v) is 11.3. The third kappa shape index (κ3) is 11.9. The lowest BCUT2D eigenvalue weighted by Crippen LogP contribution is -2.49. The summed E-state index contributed by atoms with van der Waals surface area (Å²) in [6.45, 7) is 9.79. The third-order valence-corrected chi connectivity index (χ3v) is 16.0. The Hall–Kier alpha value is -4.72. The van der Waals surface area contributed by atoms with Gasteiger partial charge in [0.2, 0.25) is 12.0 Å². The number of nitrogens with zero attached hydrogens (tertiary/aromatic N) is 6. The molecule has 0 unspecified atom stereocenters. The van der Waals surface area contributed by atoms with E-state index >= 15 is 4.39 Å². The van der Waals surface area contributed by atoms with Gasteiger partial charge in [-0.1, -0.05) is 35.7 Å². The van der Waals surface area contributed by atoms with Crippen molar-refractivity contribution in [3.63, 3.8) is 0 Å². The number of thiophene rings is 1. The van der Waals surface area contributed by atoms with E-state index in [2.05, 4.69) is 26.8 Å². The molecule has 0 amide bonds. The number of methoxy groups -OCH3 is 1. The summed E-state index contributed by atoms with van der Waals surface area (Å²) in [4.78, 5) is 38.4. The van der Waals surface area contributed by atoms with Crippen molar-refractivity contribution in [2.45, 2.75) is 89.2 Å². The van der Waals surface area contributed by atoms with Gasteiger partial charge >= 0.3 is 5.97 Å². The quantitative estimate of drug-likeness (QED) is 0.0931. The largest absolute Gasteiger partial charge is 0.490 e. The highest BCUT2D eigenvalue weighted by molar-refractivity contribution is 7.19. The number of aliphatic carboxylic acids is 1. The minimum Gasteiger partial charge on any atom is -0.490 e. The highest BCUT2D eigenvalue weighted by atomic mass is 35.5. The molecule has 2 fully saturated rings. The van der Waals surface area contributed by atoms with Crippen LogP contribution in [0.3, 0.4) is 0 Å². The highest BCUT2D eigenvalue weighted by Crippen LogP contribution is 2.54. The van der Waals surface area contributed by atoms with E-state index in [4.69, 9.17) is 66.3 Å². The predicted octanol–water partition coefficient (Wildman–Crippen LogP) is 9.34. The van der Waals surface area contributed by atoms with Crippen molar-refractivity contribution in [3.8, 4) is 34.3 Å². The first-order chi connectivity index (χ1) is 34.4. The molecule has 3 aliphatic heterocycles. The van der Waals surface area contributed by atoms with Crippen molar-refractivity contribution >= 4 is 56.3 Å². The topological polar surface area (TPSA) is 160 Å². The van der Waals surface area contributed by atoms with Gasteiger partial charge in [0.1, 0.15) is 47.6 Å². The van der Waals surface area contributed by atoms with E-state index in [0.717, 1.165) is 78.1 Å². The summed E-state index contributed by atoms with van der Waals surface area (Å²) in [5.41, 5.74) is 3.69. The second kappa shape index (κ2) is 23.0. The first-order valence-corrected chi connectivity index (χ1v) is 25.9. The Morgan fingerprint density at radius 1 is 0.986 bits per heavy atom. The molecule has 2 aliphatic carbocycles. The number of likely N-dealkylation sites (N-methyl/N-ethyl adjacent to an activating group) is 1. The number of fused-ring (bicyclic) bond motifs is 7. The van der Waals surface area contributed by atoms with E-state index in [1.54, 1.807) is 48.9 Å². The number of halogens is 3. The molecule has 5 aromatic rings. The average molecular weight is 1040 g/mol. The van der Waals surface area contributed by atoms with Crippen molar-refractivity contribution in [2.24, 2.45) is 0 Å². The van der Waals surface area contributed by atoms with Crippen LogP contribution < -0.4 is 18.9 Å². The maximum Gasteiger partial charge on any atom is 0.345 e. The van der Waals surface area contributed by atoms with Crippen molar-refractivity contribution in [1.82, 2.24) is 29.7 Å². The van der Waals surface area contributed by atoms with Gasteiger partial charge in [-0.05, 0) is 99.0 Å². The first-order valence-electron chi connectivity index (χ1n) is 24.3. The number of carboxylic acid groups (broad SMARTS) is 1. The Kier molecular flexibility index (Phi) is 16.6. The number of hydrogen-bond donors (Lipinski definition) is 1. The Bertz CT molecular complexity index is 2710. The number of aromatic nitrogens is 4. The Labute approximate surface area is 427 Å². The van der Waals surface area contributed by atoms with Crippen LogP contribution in [0.4, 0.5) is 4.39 Å². The molecule has 3 atom stereocenters. The molecule has 3 aromatic heterocycles. The monoisotopic (exact) mass is 1030 g/mol. The lowest BCUT2D eigenvalue weighted by Gasteiger charge is -2.35. The van der Waals surface area contributed by atoms with Crippen LogP contribution in [0.25, 0.3) is 26.9 Å². The van der Waals surface area contributed by atoms with Gasteiger partial charge in [-0.25, -0.2) is 29.1 Å². The number of rotatable bonds is 16. The normalized spacial score (nSPS) is 21.2. The summed E-state index contributed by atoms with van der Waals surface area (Å²) in [7, 11) is 3.73. The van der Waals surface area contributed by atoms with Crippen LogP contribution in [-0.2, 0) is 32.0 Å². The maximum atomic E-state index is 15.7. The second-order valence-corrected chi connectivity index (χ2v) is 20.7. The Morgan fingerprint density at radius 2 is 1.76 bits per heavy atom. The number of ether oxygens (including phenoxy) is 7. The molecule has 4 bridgehead atoms. The van der Waals surface area contributed by atoms with Crippen molar-refractivity contribution in [2.75, 3.05) is 86.5 Å². The minimum absolute atomic E-state index is 0.0268. The Morgan fingerprint density at radius 3 is 2.48 bits per heavy atom. The van der Waals surface area contributed by atoms with Crippen LogP contribution in [0.15, 0.2) is 42.9 Å². The van der Waals surface area contributed by atoms with Crippen LogP contribution in [-0.4, -0.2) is 145 Å². The van der Waals surface area contributed by atoms with E-state index in [-0.39, 0.29) is 50.9 Å². The van der Waals surface area contributed by atoms with E-state index in [9.17, 15) is 9.90 Å². The first kappa shape index (κ1) is 51.2. The minimum atomic E-state index is -1.50. The van der Waals surface area contributed by atoms with Crippen LogP contribution >= 0.6 is 34.5 Å². The molecule has 15 nitrogen and oxygen atoms in total. The van der Waals surface area contributed by atoms with Crippen molar-refractivity contribution in [3.05, 3.63) is 86.0 Å². The van der Waals surface area contributed by atoms with Crippen LogP contribution in [0.2, 0.25) is 10.0 Å². The highest BCUT2D eigenvalue weighted by Gasteiger charge is 2.36. The molecule has 6 heterocycles. The summed E-state index contributed by atoms with van der Waals surface area (Å²) in [6, 6.07) is 7.08. The molecule has 1 saturated heterocycles. The molecule has 0 spiro atoms. The second-order valence-electron chi connectivity index (χ2n) is 18.9. The van der Waals surface area contributed by atoms with E-state index in [1.807, 2.05) is 19.9 Å². The molecule has 1 saturated carbocycles. The van der Waals surface area contributed by atoms with Crippen LogP contribution in [0, 0.1) is 13.8 Å². The van der Waals surface area contributed by atoms with Gasteiger partial charge in [0.05, 0.1) is 54.2 Å². The lowest BCUT2D eigenvalue weighted by atomic mass is 9.80. The molecular formula is C52H61Cl2FN6O9S. The fraction of sp³-hybridized carbons (Fsp3) is 0.519. The van der Waals surface area contributed by atoms with E-state index in [1.165, 1.54) is 6.33 Å². The smallest absolute Gasteiger partial charge is 0.345 e. The van der Waals surface area contributed by atoms with Gasteiger partial charge in [0.25, 0.3) is 0 Å². The molecule has 0 radical (unpaired) electrons. The van der Waals surface area contributed by atoms with Gasteiger partial charge in [0, 0.05) is 74.9 Å². The SMILES string of the molecule is COCCOCCOC[C@]1(F)CC=C(c2nccc(COc3ccc4cc3C[C@H](C(=O)O)Oc3ncnc5sc(C6CCC6)c(c35)-c3c(C)c(Cl)c(c(Cl)c3C)O[C@H](CN3CCN(C)CC3)CO4)n2)CC1. The van der Waals surface area contributed by atoms with Gasteiger partial charge in [-0.2, -0.15) is 0 Å². The van der Waals surface area contributed by atoms with Gasteiger partial charge < -0.3 is 43.2 Å². The zero-order chi connectivity index (χ0) is 49.6. The summed E-state index contributed by atoms with van der Waals surface area (Å²) in [5.74, 6) is 0.990. The van der Waals surface area contributed by atoms with Crippen molar-refractivity contribution < 1.29 is 47.4 Å². The molecule has 10 rings (SSSR count). The van der Waals surface area contributed by atoms with E-state index < -0.39 is 23.8 Å². The summed E-state index contributed by atoms with van der Waals surface area (Å²) in [5, 5.41) is 12.3. The van der Waals surface area contributed by atoms with Crippen LogP contribution in [0.5, 0.6) is 23.1 Å². The molecular weight excluding hydrogens is 975 g/mol. The number of carboxylic acids is 1. The van der Waals surface area contributed by atoms with Gasteiger partial charge in [-0.15, -0.1) is 11.3 Å². The summed E-state index contributed by atoms with van der Waals surface area (Å²) in [6.07, 6.45) is 6.90. The standard InChI is InChI=1S/C52H61Cl2FN6O9S/c1-31-41-32(2)45(54)46(44(31)53)69-38(26-61-18-16-60(3)17-19-61)28-67-37-8-9-39(35(24-37)25-40(51(62)63)70-49-43-42(41)47(33-6-5-7-33)71-50(43)58-30-57-49)68-27-36-12-15-56-48(59-36)34-10-13-52(55,14-11-34)29-66-23-22-65-21-20-64-4/h8-10,12,15,24,30,33,38,40H,5-7,11,13-14,16-23,25-29H2,1-4H3,(H,62,63)/t38-,40-,52+/m1/s1. The number of benzene rings is 2. The summed E-state index contributed by atoms with van der Waals surface area (Å²) < 4.78 is 58.1. The zero-order valence-corrected chi connectivity index (χ0v) is 43.0. The van der Waals surface area contributed by atoms with Crippen LogP contribution in [0.1, 0.15) is 77.5 Å². The number of hydrogen-bond acceptors (Lipinski definition) is 15. The molecule has 380 valence electrons. The van der Waals surface area contributed by atoms with Crippen molar-refractivity contribution in [1.29, 1.82) is 0 Å². The molecule has 1 N–H and O–H groups in total. The number of alkyl halides is 1. The number of allylic oxidation sites excluding steroid dienone is 2. The van der Waals surface area contributed by atoms with Gasteiger partial charge in [0.15, 0.2) is 11.6 Å². The lowest BCUT2D eigenvalue weighted by molar-refractivity contribution is -0.145. The predicted molar refractivity (Wildman–Crippen MR) is 271 cm³/mol. The average Bonchev–Trinajstić information content (AvgIpc) is 3.72. The third-order valence-electron chi connectivity index (χ3n) is 13.9. The Balaban J connectivity index is 1.02. The number of carbonyl (C=O) groups is 1. The molecule has 71 heavy (non-hydrogen) atoms. The number of piperazine rings is 1. The molecule has 5 aliphatic rings.